The molecule has 0 saturated carbocycles. The molecule has 0 amide bonds. The van der Waals surface area contributed by atoms with Gasteiger partial charge in [-0.15, -0.1) is 0 Å². The predicted molar refractivity (Wildman–Crippen MR) is 101 cm³/mol. The van der Waals surface area contributed by atoms with Crippen molar-refractivity contribution in [1.29, 1.82) is 0 Å². The van der Waals surface area contributed by atoms with Gasteiger partial charge in [0.1, 0.15) is 0 Å². The van der Waals surface area contributed by atoms with Gasteiger partial charge in [0.15, 0.2) is 0 Å². The van der Waals surface area contributed by atoms with Crippen LogP contribution in [0.5, 0.6) is 0 Å². The molecule has 1 rings (SSSR count). The van der Waals surface area contributed by atoms with Crippen LogP contribution in [0.3, 0.4) is 0 Å². The molecule has 0 nitrogen and oxygen atoms in total. The molecule has 0 spiro atoms. The summed E-state index contributed by atoms with van der Waals surface area (Å²) >= 11 is 4.40. The van der Waals surface area contributed by atoms with Crippen LogP contribution in [-0.2, 0) is 6.42 Å². The van der Waals surface area contributed by atoms with Crippen molar-refractivity contribution in [1.82, 2.24) is 0 Å². The molecule has 0 fully saturated rings. The van der Waals surface area contributed by atoms with Gasteiger partial charge in [-0.1, -0.05) is 0 Å². The monoisotopic (exact) mass is 418 g/mol. The molecule has 0 unspecified atom stereocenters. The number of hydrogen-bond acceptors (Lipinski definition) is 0. The number of benzene rings is 1. The Hall–Kier alpha value is 0.219. The molecular weight excluding hydrogens is 387 g/mol. The SMILES string of the molecule is BrCCCCCCCCC[Se]CCCCc1ccccc1. The Kier molecular flexibility index (Phi) is 13.9. The third-order valence-electron chi connectivity index (χ3n) is 3.77. The molecule has 0 saturated heterocycles. The quantitative estimate of drug-likeness (QED) is 0.180. The summed E-state index contributed by atoms with van der Waals surface area (Å²) in [7, 11) is 0. The van der Waals surface area contributed by atoms with Crippen LogP contribution >= 0.6 is 15.9 Å². The van der Waals surface area contributed by atoms with Gasteiger partial charge >= 0.3 is 147 Å². The number of halogens is 1. The van der Waals surface area contributed by atoms with Crippen molar-refractivity contribution in [3.05, 3.63) is 35.9 Å². The Morgan fingerprint density at radius 1 is 0.667 bits per heavy atom. The third-order valence-corrected chi connectivity index (χ3v) is 6.75. The van der Waals surface area contributed by atoms with E-state index in [1.54, 1.807) is 0 Å². The zero-order valence-corrected chi connectivity index (χ0v) is 16.7. The fraction of sp³-hybridized carbons (Fsp3) is 0.684. The van der Waals surface area contributed by atoms with E-state index in [0.717, 1.165) is 15.0 Å². The summed E-state index contributed by atoms with van der Waals surface area (Å²) in [5.74, 6) is 0. The van der Waals surface area contributed by atoms with Crippen molar-refractivity contribution in [2.45, 2.75) is 74.8 Å². The molecule has 2 heteroatoms. The summed E-state index contributed by atoms with van der Waals surface area (Å²) in [6, 6.07) is 10.9. The molecule has 120 valence electrons. The van der Waals surface area contributed by atoms with Gasteiger partial charge in [-0.3, -0.25) is 0 Å². The van der Waals surface area contributed by atoms with E-state index in [4.69, 9.17) is 0 Å². The fourth-order valence-corrected chi connectivity index (χ4v) is 5.00. The van der Waals surface area contributed by atoms with Gasteiger partial charge in [0.2, 0.25) is 0 Å². The second kappa shape index (κ2) is 15.1. The summed E-state index contributed by atoms with van der Waals surface area (Å²) in [5.41, 5.74) is 1.50. The second-order valence-electron chi connectivity index (χ2n) is 5.72. The van der Waals surface area contributed by atoms with Crippen LogP contribution in [0.1, 0.15) is 63.4 Å². The predicted octanol–water partition coefficient (Wildman–Crippen LogP) is 6.68. The average Bonchev–Trinajstić information content (AvgIpc) is 2.53. The first-order chi connectivity index (χ1) is 10.4. The van der Waals surface area contributed by atoms with E-state index in [1.165, 1.54) is 85.7 Å². The maximum absolute atomic E-state index is 3.49. The number of aryl methyl sites for hydroxylation is 1. The molecular formula is C19H31BrSe. The van der Waals surface area contributed by atoms with Crippen LogP contribution in [0.2, 0.25) is 10.6 Å². The van der Waals surface area contributed by atoms with E-state index in [9.17, 15) is 0 Å². The summed E-state index contributed by atoms with van der Waals surface area (Å²) in [4.78, 5) is 0. The molecule has 0 heterocycles. The van der Waals surface area contributed by atoms with Crippen molar-refractivity contribution < 1.29 is 0 Å². The molecule has 1 aromatic rings. The third kappa shape index (κ3) is 12.4. The standard InChI is InChI=1S/C19H31BrSe/c20-16-10-4-2-1-3-5-11-17-21-18-12-9-15-19-13-7-6-8-14-19/h6-8,13-14H,1-5,9-12,15-18H2. The van der Waals surface area contributed by atoms with Gasteiger partial charge in [0.25, 0.3) is 0 Å². The zero-order valence-electron chi connectivity index (χ0n) is 13.4. The second-order valence-corrected chi connectivity index (χ2v) is 9.08. The summed E-state index contributed by atoms with van der Waals surface area (Å²) in [5, 5.41) is 4.19. The van der Waals surface area contributed by atoms with Gasteiger partial charge in [-0.05, 0) is 0 Å². The first-order valence-electron chi connectivity index (χ1n) is 8.61. The molecule has 0 bridgehead atoms. The molecule has 0 aliphatic rings. The van der Waals surface area contributed by atoms with Gasteiger partial charge < -0.3 is 0 Å². The van der Waals surface area contributed by atoms with Crippen molar-refractivity contribution in [3.8, 4) is 0 Å². The Balaban J connectivity index is 1.75. The van der Waals surface area contributed by atoms with Crippen molar-refractivity contribution in [2.24, 2.45) is 0 Å². The number of hydrogen-bond donors (Lipinski definition) is 0. The summed E-state index contributed by atoms with van der Waals surface area (Å²) in [6.07, 6.45) is 14.2. The number of alkyl halides is 1. The van der Waals surface area contributed by atoms with Crippen molar-refractivity contribution in [3.63, 3.8) is 0 Å². The van der Waals surface area contributed by atoms with E-state index in [1.807, 2.05) is 0 Å². The Morgan fingerprint density at radius 2 is 1.24 bits per heavy atom. The average molecular weight is 418 g/mol. The summed E-state index contributed by atoms with van der Waals surface area (Å²) in [6.45, 7) is 0. The van der Waals surface area contributed by atoms with E-state index >= 15 is 0 Å². The molecule has 0 aliphatic heterocycles. The van der Waals surface area contributed by atoms with Crippen molar-refractivity contribution in [2.75, 3.05) is 5.33 Å². The minimum absolute atomic E-state index is 0.909. The van der Waals surface area contributed by atoms with E-state index < -0.39 is 0 Å². The Labute approximate surface area is 146 Å². The molecule has 1 aromatic carbocycles. The first kappa shape index (κ1) is 19.3. The maximum atomic E-state index is 3.49. The Bertz CT molecular complexity index is 313. The molecule has 21 heavy (non-hydrogen) atoms. The van der Waals surface area contributed by atoms with Crippen LogP contribution in [0, 0.1) is 0 Å². The molecule has 0 N–H and O–H groups in total. The molecule has 0 aliphatic carbocycles. The van der Waals surface area contributed by atoms with Crippen LogP contribution in [0.15, 0.2) is 30.3 Å². The minimum atomic E-state index is 0.909. The van der Waals surface area contributed by atoms with Crippen LogP contribution in [-0.4, -0.2) is 20.3 Å². The molecule has 0 atom stereocenters. The Morgan fingerprint density at radius 3 is 1.90 bits per heavy atom. The fourth-order valence-electron chi connectivity index (χ4n) is 2.46. The number of rotatable bonds is 14. The van der Waals surface area contributed by atoms with E-state index in [0.29, 0.717) is 0 Å². The van der Waals surface area contributed by atoms with Crippen LogP contribution in [0.4, 0.5) is 0 Å². The zero-order chi connectivity index (χ0) is 15.0. The van der Waals surface area contributed by atoms with Gasteiger partial charge in [0.05, 0.1) is 0 Å². The van der Waals surface area contributed by atoms with E-state index in [-0.39, 0.29) is 0 Å². The number of unbranched alkanes of at least 4 members (excludes halogenated alkanes) is 7. The van der Waals surface area contributed by atoms with Crippen LogP contribution < -0.4 is 0 Å². The van der Waals surface area contributed by atoms with E-state index in [2.05, 4.69) is 46.3 Å². The summed E-state index contributed by atoms with van der Waals surface area (Å²) < 4.78 is 0. The molecule has 0 aromatic heterocycles. The van der Waals surface area contributed by atoms with Crippen molar-refractivity contribution >= 4 is 30.9 Å². The molecule has 0 radical (unpaired) electrons. The van der Waals surface area contributed by atoms with Gasteiger partial charge in [-0.25, -0.2) is 0 Å². The van der Waals surface area contributed by atoms with Gasteiger partial charge in [0, 0.05) is 0 Å². The van der Waals surface area contributed by atoms with Crippen LogP contribution in [0.25, 0.3) is 0 Å². The first-order valence-corrected chi connectivity index (χ1v) is 12.2. The normalized spacial score (nSPS) is 10.9. The van der Waals surface area contributed by atoms with Gasteiger partial charge in [-0.2, -0.15) is 0 Å². The topological polar surface area (TPSA) is 0 Å².